The summed E-state index contributed by atoms with van der Waals surface area (Å²) in [4.78, 5) is 10.5. The molecule has 0 bridgehead atoms. The lowest BCUT2D eigenvalue weighted by atomic mass is 9.82. The van der Waals surface area contributed by atoms with Gasteiger partial charge < -0.3 is 10.2 Å². The van der Waals surface area contributed by atoms with E-state index in [4.69, 9.17) is 5.11 Å². The van der Waals surface area contributed by atoms with Gasteiger partial charge in [0.15, 0.2) is 0 Å². The number of benzene rings is 1. The summed E-state index contributed by atoms with van der Waals surface area (Å²) in [5.41, 5.74) is 2.96. The van der Waals surface area contributed by atoms with Crippen LogP contribution in [0.5, 0.6) is 0 Å². The van der Waals surface area contributed by atoms with E-state index in [0.29, 0.717) is 6.42 Å². The van der Waals surface area contributed by atoms with Crippen LogP contribution in [0, 0.1) is 0 Å². The zero-order chi connectivity index (χ0) is 13.1. The van der Waals surface area contributed by atoms with Crippen molar-refractivity contribution in [2.75, 3.05) is 0 Å². The van der Waals surface area contributed by atoms with Crippen molar-refractivity contribution in [3.63, 3.8) is 0 Å². The van der Waals surface area contributed by atoms with Gasteiger partial charge in [0.2, 0.25) is 0 Å². The Morgan fingerprint density at radius 1 is 1.29 bits per heavy atom. The molecule has 0 aliphatic rings. The summed E-state index contributed by atoms with van der Waals surface area (Å²) in [6, 6.07) is 5.79. The fourth-order valence-electron chi connectivity index (χ4n) is 1.87. The fraction of sp³-hybridized carbons (Fsp3) is 0.500. The molecular formula is C14H20O3. The minimum atomic E-state index is -0.784. The van der Waals surface area contributed by atoms with Gasteiger partial charge in [-0.3, -0.25) is 4.79 Å². The number of hydrogen-bond acceptors (Lipinski definition) is 2. The molecule has 0 aliphatic heterocycles. The predicted octanol–water partition coefficient (Wildman–Crippen LogP) is 2.49. The van der Waals surface area contributed by atoms with Crippen molar-refractivity contribution in [1.82, 2.24) is 0 Å². The molecule has 0 aromatic heterocycles. The topological polar surface area (TPSA) is 57.5 Å². The highest BCUT2D eigenvalue weighted by molar-refractivity contribution is 5.67. The van der Waals surface area contributed by atoms with Crippen molar-refractivity contribution in [3.8, 4) is 0 Å². The van der Waals surface area contributed by atoms with Gasteiger partial charge in [0.1, 0.15) is 0 Å². The van der Waals surface area contributed by atoms with E-state index < -0.39 is 5.97 Å². The molecule has 0 aliphatic carbocycles. The van der Waals surface area contributed by atoms with E-state index >= 15 is 0 Å². The number of rotatable bonds is 4. The van der Waals surface area contributed by atoms with Gasteiger partial charge in [-0.05, 0) is 28.5 Å². The Hall–Kier alpha value is -1.35. The molecule has 1 aromatic carbocycles. The molecule has 0 saturated heterocycles. The minimum Gasteiger partial charge on any atom is -0.481 e. The first-order valence-corrected chi connectivity index (χ1v) is 5.79. The van der Waals surface area contributed by atoms with Crippen LogP contribution in [-0.4, -0.2) is 16.2 Å². The normalized spacial score (nSPS) is 11.5. The SMILES string of the molecule is CC(C)(C)c1cc(CCC(=O)O)ccc1CO. The van der Waals surface area contributed by atoms with Crippen LogP contribution < -0.4 is 0 Å². The lowest BCUT2D eigenvalue weighted by molar-refractivity contribution is -0.136. The van der Waals surface area contributed by atoms with Crippen molar-refractivity contribution in [2.24, 2.45) is 0 Å². The van der Waals surface area contributed by atoms with Crippen LogP contribution >= 0.6 is 0 Å². The van der Waals surface area contributed by atoms with Crippen LogP contribution in [0.3, 0.4) is 0 Å². The second-order valence-corrected chi connectivity index (χ2v) is 5.29. The number of aryl methyl sites for hydroxylation is 1. The molecule has 0 saturated carbocycles. The molecule has 0 amide bonds. The van der Waals surface area contributed by atoms with Gasteiger partial charge in [-0.15, -0.1) is 0 Å². The second kappa shape index (κ2) is 5.32. The average molecular weight is 236 g/mol. The Morgan fingerprint density at radius 2 is 1.94 bits per heavy atom. The fourth-order valence-corrected chi connectivity index (χ4v) is 1.87. The maximum absolute atomic E-state index is 10.5. The van der Waals surface area contributed by atoms with Gasteiger partial charge in [-0.2, -0.15) is 0 Å². The van der Waals surface area contributed by atoms with Crippen LogP contribution in [0.15, 0.2) is 18.2 Å². The molecule has 0 heterocycles. The molecule has 0 fully saturated rings. The average Bonchev–Trinajstić information content (AvgIpc) is 2.24. The number of carbonyl (C=O) groups is 1. The Labute approximate surface area is 102 Å². The van der Waals surface area contributed by atoms with E-state index in [1.54, 1.807) is 0 Å². The van der Waals surface area contributed by atoms with Gasteiger partial charge in [-0.1, -0.05) is 39.0 Å². The first-order chi connectivity index (χ1) is 7.84. The quantitative estimate of drug-likeness (QED) is 0.844. The highest BCUT2D eigenvalue weighted by Crippen LogP contribution is 2.27. The minimum absolute atomic E-state index is 0.0197. The molecule has 3 nitrogen and oxygen atoms in total. The molecule has 0 unspecified atom stereocenters. The Kier molecular flexibility index (Phi) is 4.29. The van der Waals surface area contributed by atoms with E-state index in [0.717, 1.165) is 16.7 Å². The van der Waals surface area contributed by atoms with E-state index in [1.807, 2.05) is 18.2 Å². The maximum Gasteiger partial charge on any atom is 0.303 e. The van der Waals surface area contributed by atoms with Crippen molar-refractivity contribution in [1.29, 1.82) is 0 Å². The Balaban J connectivity index is 3.01. The van der Waals surface area contributed by atoms with Crippen LogP contribution in [0.1, 0.15) is 43.9 Å². The van der Waals surface area contributed by atoms with E-state index in [1.165, 1.54) is 0 Å². The monoisotopic (exact) mass is 236 g/mol. The molecule has 1 aromatic rings. The largest absolute Gasteiger partial charge is 0.481 e. The molecule has 1 rings (SSSR count). The third kappa shape index (κ3) is 3.86. The van der Waals surface area contributed by atoms with Crippen LogP contribution in [0.2, 0.25) is 0 Å². The first-order valence-electron chi connectivity index (χ1n) is 5.79. The van der Waals surface area contributed by atoms with E-state index in [-0.39, 0.29) is 18.4 Å². The lowest BCUT2D eigenvalue weighted by Gasteiger charge is -2.23. The van der Waals surface area contributed by atoms with Gasteiger partial charge >= 0.3 is 5.97 Å². The van der Waals surface area contributed by atoms with Crippen LogP contribution in [-0.2, 0) is 23.2 Å². The smallest absolute Gasteiger partial charge is 0.303 e. The van der Waals surface area contributed by atoms with Crippen molar-refractivity contribution in [2.45, 2.75) is 45.6 Å². The molecule has 0 atom stereocenters. The number of carboxylic acid groups (broad SMARTS) is 1. The maximum atomic E-state index is 10.5. The summed E-state index contributed by atoms with van der Waals surface area (Å²) in [6.07, 6.45) is 0.673. The lowest BCUT2D eigenvalue weighted by Crippen LogP contribution is -2.15. The number of aliphatic carboxylic acids is 1. The number of hydrogen-bond donors (Lipinski definition) is 2. The summed E-state index contributed by atoms with van der Waals surface area (Å²) in [5.74, 6) is -0.784. The zero-order valence-electron chi connectivity index (χ0n) is 10.7. The van der Waals surface area contributed by atoms with Gasteiger partial charge in [-0.25, -0.2) is 0 Å². The van der Waals surface area contributed by atoms with E-state index in [9.17, 15) is 9.90 Å². The summed E-state index contributed by atoms with van der Waals surface area (Å²) < 4.78 is 0. The van der Waals surface area contributed by atoms with Crippen LogP contribution in [0.4, 0.5) is 0 Å². The van der Waals surface area contributed by atoms with Crippen molar-refractivity contribution in [3.05, 3.63) is 34.9 Å². The second-order valence-electron chi connectivity index (χ2n) is 5.29. The van der Waals surface area contributed by atoms with E-state index in [2.05, 4.69) is 20.8 Å². The van der Waals surface area contributed by atoms with Crippen LogP contribution in [0.25, 0.3) is 0 Å². The third-order valence-corrected chi connectivity index (χ3v) is 2.78. The summed E-state index contributed by atoms with van der Waals surface area (Å²) >= 11 is 0. The molecular weight excluding hydrogens is 216 g/mol. The Bertz CT molecular complexity index is 402. The van der Waals surface area contributed by atoms with Crippen molar-refractivity contribution >= 4 is 5.97 Å². The first kappa shape index (κ1) is 13.7. The zero-order valence-corrected chi connectivity index (χ0v) is 10.7. The number of aliphatic hydroxyl groups is 1. The van der Waals surface area contributed by atoms with Gasteiger partial charge in [0.25, 0.3) is 0 Å². The summed E-state index contributed by atoms with van der Waals surface area (Å²) in [5, 5.41) is 18.0. The third-order valence-electron chi connectivity index (χ3n) is 2.78. The standard InChI is InChI=1S/C14H20O3/c1-14(2,3)12-8-10(5-7-13(16)17)4-6-11(12)9-15/h4,6,8,15H,5,7,9H2,1-3H3,(H,16,17). The highest BCUT2D eigenvalue weighted by Gasteiger charge is 2.18. The number of aliphatic hydroxyl groups excluding tert-OH is 1. The molecule has 2 N–H and O–H groups in total. The Morgan fingerprint density at radius 3 is 2.41 bits per heavy atom. The van der Waals surface area contributed by atoms with Gasteiger partial charge in [0, 0.05) is 6.42 Å². The summed E-state index contributed by atoms with van der Waals surface area (Å²) in [6.45, 7) is 6.28. The summed E-state index contributed by atoms with van der Waals surface area (Å²) in [7, 11) is 0. The molecule has 3 heteroatoms. The number of carboxylic acids is 1. The predicted molar refractivity (Wildman–Crippen MR) is 67.0 cm³/mol. The molecule has 0 radical (unpaired) electrons. The molecule has 94 valence electrons. The highest BCUT2D eigenvalue weighted by atomic mass is 16.4. The molecule has 17 heavy (non-hydrogen) atoms. The molecule has 0 spiro atoms. The van der Waals surface area contributed by atoms with Crippen molar-refractivity contribution < 1.29 is 15.0 Å². The van der Waals surface area contributed by atoms with Gasteiger partial charge in [0.05, 0.1) is 6.61 Å².